The third-order valence-corrected chi connectivity index (χ3v) is 5.92. The van der Waals surface area contributed by atoms with Crippen LogP contribution in [0.1, 0.15) is 47.7 Å². The predicted molar refractivity (Wildman–Crippen MR) is 113 cm³/mol. The molecule has 2 aliphatic heterocycles. The summed E-state index contributed by atoms with van der Waals surface area (Å²) in [4.78, 5) is 24.2. The molecular weight excluding hydrogens is 378 g/mol. The second kappa shape index (κ2) is 7.60. The first-order valence-corrected chi connectivity index (χ1v) is 10.5. The molecule has 1 amide bonds. The van der Waals surface area contributed by atoms with Gasteiger partial charge in [-0.2, -0.15) is 0 Å². The molecule has 0 radical (unpaired) electrons. The molecule has 1 N–H and O–H groups in total. The zero-order chi connectivity index (χ0) is 20.7. The Kier molecular flexibility index (Phi) is 4.78. The molecule has 0 aromatic carbocycles. The Bertz CT molecular complexity index is 1100. The van der Waals surface area contributed by atoms with Crippen molar-refractivity contribution in [3.63, 3.8) is 0 Å². The van der Waals surface area contributed by atoms with Crippen molar-refractivity contribution in [2.45, 2.75) is 52.2 Å². The van der Waals surface area contributed by atoms with Crippen molar-refractivity contribution in [1.29, 1.82) is 0 Å². The van der Waals surface area contributed by atoms with Crippen molar-refractivity contribution in [3.05, 3.63) is 53.1 Å². The minimum absolute atomic E-state index is 0.254. The van der Waals surface area contributed by atoms with Gasteiger partial charge in [0.05, 0.1) is 0 Å². The average Bonchev–Trinajstić information content (AvgIpc) is 3.37. The molecule has 0 aliphatic carbocycles. The Morgan fingerprint density at radius 3 is 2.90 bits per heavy atom. The second-order valence-electron chi connectivity index (χ2n) is 8.21. The van der Waals surface area contributed by atoms with Crippen molar-refractivity contribution < 1.29 is 4.79 Å². The number of anilines is 1. The monoisotopic (exact) mass is 403 g/mol. The SMILES string of the molecule is CC(C)N1CCc2cnc(C(=O)Nc3cccc(-c4nnc5n4CCC5)n3)cc2C1. The molecular formula is C22H25N7O. The second-order valence-corrected chi connectivity index (χ2v) is 8.21. The number of aryl methyl sites for hydroxylation is 1. The van der Waals surface area contributed by atoms with Gasteiger partial charge in [0.15, 0.2) is 5.82 Å². The van der Waals surface area contributed by atoms with Gasteiger partial charge in [0.1, 0.15) is 23.0 Å². The molecule has 5 rings (SSSR count). The molecule has 0 saturated carbocycles. The smallest absolute Gasteiger partial charge is 0.275 e. The molecule has 154 valence electrons. The first-order chi connectivity index (χ1) is 14.6. The van der Waals surface area contributed by atoms with Crippen molar-refractivity contribution >= 4 is 11.7 Å². The Morgan fingerprint density at radius 2 is 2.03 bits per heavy atom. The van der Waals surface area contributed by atoms with Gasteiger partial charge < -0.3 is 9.88 Å². The molecule has 0 atom stereocenters. The number of fused-ring (bicyclic) bond motifs is 2. The van der Waals surface area contributed by atoms with Gasteiger partial charge in [-0.05, 0) is 56.0 Å². The molecule has 30 heavy (non-hydrogen) atoms. The number of carbonyl (C=O) groups is 1. The molecule has 0 spiro atoms. The van der Waals surface area contributed by atoms with Crippen LogP contribution in [-0.4, -0.2) is 48.1 Å². The predicted octanol–water partition coefficient (Wildman–Crippen LogP) is 2.70. The van der Waals surface area contributed by atoms with Crippen molar-refractivity contribution in [2.75, 3.05) is 11.9 Å². The fourth-order valence-corrected chi connectivity index (χ4v) is 4.17. The highest BCUT2D eigenvalue weighted by atomic mass is 16.1. The summed E-state index contributed by atoms with van der Waals surface area (Å²) in [6.07, 6.45) is 4.83. The summed E-state index contributed by atoms with van der Waals surface area (Å²) in [7, 11) is 0. The maximum Gasteiger partial charge on any atom is 0.275 e. The van der Waals surface area contributed by atoms with Gasteiger partial charge in [0, 0.05) is 38.3 Å². The van der Waals surface area contributed by atoms with Crippen LogP contribution in [0.15, 0.2) is 30.5 Å². The number of rotatable bonds is 4. The molecule has 8 nitrogen and oxygen atoms in total. The Morgan fingerprint density at radius 1 is 1.13 bits per heavy atom. The standard InChI is InChI=1S/C22H25N7O/c1-14(2)28-10-8-15-12-23-18(11-16(15)13-28)22(30)25-19-6-3-5-17(24-19)21-27-26-20-7-4-9-29(20)21/h3,5-6,11-12,14H,4,7-10,13H2,1-2H3,(H,24,25,30). The fraction of sp³-hybridized carbons (Fsp3) is 0.409. The number of nitrogens with zero attached hydrogens (tertiary/aromatic N) is 6. The third-order valence-electron chi connectivity index (χ3n) is 5.92. The van der Waals surface area contributed by atoms with Crippen molar-refractivity contribution in [3.8, 4) is 11.5 Å². The van der Waals surface area contributed by atoms with Crippen LogP contribution >= 0.6 is 0 Å². The number of aromatic nitrogens is 5. The van der Waals surface area contributed by atoms with Crippen LogP contribution in [0.4, 0.5) is 5.82 Å². The van der Waals surface area contributed by atoms with E-state index in [1.54, 1.807) is 6.07 Å². The number of amides is 1. The third kappa shape index (κ3) is 3.47. The van der Waals surface area contributed by atoms with Crippen LogP contribution in [0.2, 0.25) is 0 Å². The Hall–Kier alpha value is -3.13. The van der Waals surface area contributed by atoms with E-state index in [1.165, 1.54) is 11.1 Å². The Balaban J connectivity index is 1.35. The minimum atomic E-state index is -0.254. The van der Waals surface area contributed by atoms with Crippen LogP contribution in [0.3, 0.4) is 0 Å². The van der Waals surface area contributed by atoms with Crippen LogP contribution in [0.5, 0.6) is 0 Å². The van der Waals surface area contributed by atoms with E-state index in [0.29, 0.717) is 23.2 Å². The summed E-state index contributed by atoms with van der Waals surface area (Å²) in [5.41, 5.74) is 3.52. The number of nitrogens with one attached hydrogen (secondary N) is 1. The van der Waals surface area contributed by atoms with Crippen molar-refractivity contribution in [1.82, 2.24) is 29.6 Å². The zero-order valence-electron chi connectivity index (χ0n) is 17.3. The van der Waals surface area contributed by atoms with Crippen LogP contribution in [0.25, 0.3) is 11.5 Å². The van der Waals surface area contributed by atoms with E-state index in [2.05, 4.69) is 48.8 Å². The normalized spacial score (nSPS) is 15.8. The largest absolute Gasteiger partial charge is 0.310 e. The summed E-state index contributed by atoms with van der Waals surface area (Å²) in [5, 5.41) is 11.4. The molecule has 0 bridgehead atoms. The van der Waals surface area contributed by atoms with Gasteiger partial charge in [-0.3, -0.25) is 14.7 Å². The first-order valence-electron chi connectivity index (χ1n) is 10.5. The van der Waals surface area contributed by atoms with E-state index in [1.807, 2.05) is 24.4 Å². The van der Waals surface area contributed by atoms with Crippen LogP contribution < -0.4 is 5.32 Å². The Labute approximate surface area is 175 Å². The van der Waals surface area contributed by atoms with Crippen LogP contribution in [0, 0.1) is 0 Å². The summed E-state index contributed by atoms with van der Waals surface area (Å²) < 4.78 is 2.10. The topological polar surface area (TPSA) is 88.8 Å². The number of carbonyl (C=O) groups excluding carboxylic acids is 1. The first kappa shape index (κ1) is 18.9. The summed E-state index contributed by atoms with van der Waals surface area (Å²) >= 11 is 0. The highest BCUT2D eigenvalue weighted by Gasteiger charge is 2.22. The van der Waals surface area contributed by atoms with E-state index in [0.717, 1.165) is 50.5 Å². The highest BCUT2D eigenvalue weighted by molar-refractivity contribution is 6.02. The van der Waals surface area contributed by atoms with E-state index in [-0.39, 0.29) is 5.91 Å². The number of pyridine rings is 2. The van der Waals surface area contributed by atoms with Gasteiger partial charge in [-0.25, -0.2) is 4.98 Å². The van der Waals surface area contributed by atoms with Crippen LogP contribution in [-0.2, 0) is 25.9 Å². The molecule has 0 fully saturated rings. The van der Waals surface area contributed by atoms with Gasteiger partial charge in [0.2, 0.25) is 0 Å². The van der Waals surface area contributed by atoms with Crippen molar-refractivity contribution in [2.24, 2.45) is 0 Å². The molecule has 0 unspecified atom stereocenters. The van der Waals surface area contributed by atoms with E-state index in [4.69, 9.17) is 0 Å². The summed E-state index contributed by atoms with van der Waals surface area (Å²) in [6.45, 7) is 7.18. The molecule has 3 aromatic rings. The lowest BCUT2D eigenvalue weighted by atomic mass is 10.00. The highest BCUT2D eigenvalue weighted by Crippen LogP contribution is 2.24. The lowest BCUT2D eigenvalue weighted by molar-refractivity contribution is 0.102. The lowest BCUT2D eigenvalue weighted by Gasteiger charge is -2.31. The van der Waals surface area contributed by atoms with Gasteiger partial charge in [-0.15, -0.1) is 10.2 Å². The number of hydrogen-bond acceptors (Lipinski definition) is 6. The molecule has 3 aromatic heterocycles. The molecule has 0 saturated heterocycles. The summed E-state index contributed by atoms with van der Waals surface area (Å²) in [5.74, 6) is 1.97. The van der Waals surface area contributed by atoms with E-state index < -0.39 is 0 Å². The lowest BCUT2D eigenvalue weighted by Crippen LogP contribution is -2.36. The fourth-order valence-electron chi connectivity index (χ4n) is 4.17. The van der Waals surface area contributed by atoms with Gasteiger partial charge in [-0.1, -0.05) is 6.07 Å². The molecule has 2 aliphatic rings. The zero-order valence-corrected chi connectivity index (χ0v) is 17.3. The van der Waals surface area contributed by atoms with E-state index in [9.17, 15) is 4.79 Å². The quantitative estimate of drug-likeness (QED) is 0.721. The maximum atomic E-state index is 12.8. The maximum absolute atomic E-state index is 12.8. The molecule has 8 heteroatoms. The molecule has 5 heterocycles. The van der Waals surface area contributed by atoms with Gasteiger partial charge >= 0.3 is 0 Å². The van der Waals surface area contributed by atoms with Gasteiger partial charge in [0.25, 0.3) is 5.91 Å². The minimum Gasteiger partial charge on any atom is -0.310 e. The average molecular weight is 403 g/mol. The summed E-state index contributed by atoms with van der Waals surface area (Å²) in [6, 6.07) is 7.93. The number of hydrogen-bond donors (Lipinski definition) is 1. The van der Waals surface area contributed by atoms with E-state index >= 15 is 0 Å².